The van der Waals surface area contributed by atoms with Crippen molar-refractivity contribution in [3.8, 4) is 5.88 Å². The number of nitrogens with one attached hydrogen (secondary N) is 2. The van der Waals surface area contributed by atoms with Gasteiger partial charge in [0.25, 0.3) is 0 Å². The fraction of sp³-hybridized carbons (Fsp3) is 0.375. The van der Waals surface area contributed by atoms with Crippen molar-refractivity contribution in [2.24, 2.45) is 0 Å². The van der Waals surface area contributed by atoms with E-state index in [1.165, 1.54) is 11.1 Å². The third kappa shape index (κ3) is 3.31. The Morgan fingerprint density at radius 1 is 1.33 bits per heavy atom. The van der Waals surface area contributed by atoms with Crippen LogP contribution in [0.4, 0.5) is 5.82 Å². The van der Waals surface area contributed by atoms with Gasteiger partial charge in [0.1, 0.15) is 5.82 Å². The van der Waals surface area contributed by atoms with Crippen LogP contribution in [0.5, 0.6) is 5.88 Å². The lowest BCUT2D eigenvalue weighted by Crippen LogP contribution is -2.34. The van der Waals surface area contributed by atoms with Gasteiger partial charge in [0.2, 0.25) is 5.88 Å². The summed E-state index contributed by atoms with van der Waals surface area (Å²) >= 11 is 0. The minimum Gasteiger partial charge on any atom is -0.477 e. The Labute approximate surface area is 124 Å². The van der Waals surface area contributed by atoms with E-state index in [0.717, 1.165) is 25.3 Å². The number of nitrogens with zero attached hydrogens (tertiary/aromatic N) is 2. The average molecular weight is 284 g/mol. The topological polar surface area (TPSA) is 59.1 Å². The van der Waals surface area contributed by atoms with E-state index in [2.05, 4.69) is 44.9 Å². The van der Waals surface area contributed by atoms with Crippen molar-refractivity contribution in [1.82, 2.24) is 15.3 Å². The van der Waals surface area contributed by atoms with Crippen molar-refractivity contribution >= 4 is 5.82 Å². The average Bonchev–Trinajstić information content (AvgIpc) is 2.53. The van der Waals surface area contributed by atoms with E-state index in [9.17, 15) is 0 Å². The van der Waals surface area contributed by atoms with Gasteiger partial charge in [0.15, 0.2) is 0 Å². The first-order chi connectivity index (χ1) is 10.4. The summed E-state index contributed by atoms with van der Waals surface area (Å²) in [6.45, 7) is 4.32. The Morgan fingerprint density at radius 3 is 3.14 bits per heavy atom. The minimum absolute atomic E-state index is 0.299. The van der Waals surface area contributed by atoms with E-state index >= 15 is 0 Å². The maximum absolute atomic E-state index is 5.37. The SMILES string of the molecule is CCOc1cncc(NCC2NCCc3ccccc32)n1. The minimum atomic E-state index is 0.299. The van der Waals surface area contributed by atoms with Gasteiger partial charge < -0.3 is 15.4 Å². The second-order valence-corrected chi connectivity index (χ2v) is 5.01. The number of anilines is 1. The van der Waals surface area contributed by atoms with Crippen molar-refractivity contribution < 1.29 is 4.74 Å². The zero-order valence-corrected chi connectivity index (χ0v) is 12.2. The van der Waals surface area contributed by atoms with Gasteiger partial charge in [-0.25, -0.2) is 0 Å². The number of benzene rings is 1. The maximum atomic E-state index is 5.37. The van der Waals surface area contributed by atoms with Gasteiger partial charge in [-0.3, -0.25) is 4.98 Å². The molecule has 0 spiro atoms. The molecule has 2 N–H and O–H groups in total. The highest BCUT2D eigenvalue weighted by molar-refractivity contribution is 5.37. The molecule has 21 heavy (non-hydrogen) atoms. The van der Waals surface area contributed by atoms with Gasteiger partial charge in [-0.15, -0.1) is 0 Å². The van der Waals surface area contributed by atoms with Crippen LogP contribution in [0.1, 0.15) is 24.1 Å². The van der Waals surface area contributed by atoms with Crippen LogP contribution in [0, 0.1) is 0 Å². The van der Waals surface area contributed by atoms with Crippen LogP contribution < -0.4 is 15.4 Å². The molecule has 2 heterocycles. The summed E-state index contributed by atoms with van der Waals surface area (Å²) in [5.74, 6) is 1.30. The van der Waals surface area contributed by atoms with Gasteiger partial charge in [-0.2, -0.15) is 4.98 Å². The van der Waals surface area contributed by atoms with E-state index in [-0.39, 0.29) is 0 Å². The van der Waals surface area contributed by atoms with Gasteiger partial charge in [-0.1, -0.05) is 24.3 Å². The second-order valence-electron chi connectivity index (χ2n) is 5.01. The van der Waals surface area contributed by atoms with Crippen molar-refractivity contribution in [2.75, 3.05) is 25.0 Å². The number of fused-ring (bicyclic) bond motifs is 1. The molecule has 2 aromatic rings. The van der Waals surface area contributed by atoms with Crippen LogP contribution in [-0.4, -0.2) is 29.7 Å². The van der Waals surface area contributed by atoms with E-state index in [4.69, 9.17) is 4.74 Å². The van der Waals surface area contributed by atoms with E-state index in [1.54, 1.807) is 12.4 Å². The molecular formula is C16H20N4O. The number of aromatic nitrogens is 2. The molecule has 0 aliphatic carbocycles. The molecule has 1 aliphatic heterocycles. The summed E-state index contributed by atoms with van der Waals surface area (Å²) in [5.41, 5.74) is 2.79. The monoisotopic (exact) mass is 284 g/mol. The molecular weight excluding hydrogens is 264 g/mol. The molecule has 0 fully saturated rings. The van der Waals surface area contributed by atoms with Crippen LogP contribution in [0.25, 0.3) is 0 Å². The molecule has 0 amide bonds. The molecule has 1 aliphatic rings. The Morgan fingerprint density at radius 2 is 2.24 bits per heavy atom. The quantitative estimate of drug-likeness (QED) is 0.881. The fourth-order valence-electron chi connectivity index (χ4n) is 2.63. The van der Waals surface area contributed by atoms with Crippen LogP contribution in [0.3, 0.4) is 0 Å². The van der Waals surface area contributed by atoms with E-state index < -0.39 is 0 Å². The van der Waals surface area contributed by atoms with Gasteiger partial charge in [0, 0.05) is 12.6 Å². The Hall–Kier alpha value is -2.14. The summed E-state index contributed by atoms with van der Waals surface area (Å²) in [6.07, 6.45) is 4.44. The summed E-state index contributed by atoms with van der Waals surface area (Å²) < 4.78 is 5.37. The van der Waals surface area contributed by atoms with Crippen molar-refractivity contribution in [3.05, 3.63) is 47.8 Å². The van der Waals surface area contributed by atoms with E-state index in [0.29, 0.717) is 18.5 Å². The van der Waals surface area contributed by atoms with Gasteiger partial charge in [0.05, 0.1) is 19.0 Å². The third-order valence-corrected chi connectivity index (χ3v) is 3.61. The van der Waals surface area contributed by atoms with Crippen LogP contribution in [0.15, 0.2) is 36.7 Å². The predicted molar refractivity (Wildman–Crippen MR) is 82.6 cm³/mol. The smallest absolute Gasteiger partial charge is 0.234 e. The summed E-state index contributed by atoms with van der Waals surface area (Å²) in [7, 11) is 0. The number of rotatable bonds is 5. The first-order valence-electron chi connectivity index (χ1n) is 7.36. The number of hydrogen-bond acceptors (Lipinski definition) is 5. The highest BCUT2D eigenvalue weighted by Crippen LogP contribution is 2.22. The predicted octanol–water partition coefficient (Wildman–Crippen LogP) is 2.17. The summed E-state index contributed by atoms with van der Waals surface area (Å²) in [6, 6.07) is 8.89. The number of hydrogen-bond donors (Lipinski definition) is 2. The normalized spacial score (nSPS) is 17.1. The fourth-order valence-corrected chi connectivity index (χ4v) is 2.63. The highest BCUT2D eigenvalue weighted by Gasteiger charge is 2.18. The molecule has 110 valence electrons. The largest absolute Gasteiger partial charge is 0.477 e. The first-order valence-corrected chi connectivity index (χ1v) is 7.36. The Bertz CT molecular complexity index is 602. The van der Waals surface area contributed by atoms with Crippen molar-refractivity contribution in [2.45, 2.75) is 19.4 Å². The first kappa shape index (κ1) is 13.8. The molecule has 3 rings (SSSR count). The molecule has 0 radical (unpaired) electrons. The lowest BCUT2D eigenvalue weighted by atomic mass is 9.94. The molecule has 0 bridgehead atoms. The zero-order chi connectivity index (χ0) is 14.5. The summed E-state index contributed by atoms with van der Waals surface area (Å²) in [4.78, 5) is 8.52. The summed E-state index contributed by atoms with van der Waals surface area (Å²) in [5, 5.41) is 6.88. The van der Waals surface area contributed by atoms with Crippen LogP contribution >= 0.6 is 0 Å². The lowest BCUT2D eigenvalue weighted by molar-refractivity contribution is 0.325. The zero-order valence-electron chi connectivity index (χ0n) is 12.2. The van der Waals surface area contributed by atoms with E-state index in [1.807, 2.05) is 6.92 Å². The van der Waals surface area contributed by atoms with Crippen LogP contribution in [-0.2, 0) is 6.42 Å². The molecule has 1 atom stereocenters. The third-order valence-electron chi connectivity index (χ3n) is 3.61. The van der Waals surface area contributed by atoms with Crippen molar-refractivity contribution in [3.63, 3.8) is 0 Å². The highest BCUT2D eigenvalue weighted by atomic mass is 16.5. The maximum Gasteiger partial charge on any atom is 0.234 e. The van der Waals surface area contributed by atoms with Gasteiger partial charge >= 0.3 is 0 Å². The molecule has 5 heteroatoms. The molecule has 1 aromatic carbocycles. The van der Waals surface area contributed by atoms with Crippen molar-refractivity contribution in [1.29, 1.82) is 0 Å². The lowest BCUT2D eigenvalue weighted by Gasteiger charge is -2.27. The molecule has 1 aromatic heterocycles. The number of ether oxygens (including phenoxy) is 1. The second kappa shape index (κ2) is 6.54. The molecule has 5 nitrogen and oxygen atoms in total. The standard InChI is InChI=1S/C16H20N4O/c1-2-21-16-11-17-10-15(20-16)19-9-14-13-6-4-3-5-12(13)7-8-18-14/h3-6,10-11,14,18H,2,7-9H2,1H3,(H,19,20). The van der Waals surface area contributed by atoms with Crippen LogP contribution in [0.2, 0.25) is 0 Å². The molecule has 1 unspecified atom stereocenters. The van der Waals surface area contributed by atoms with Gasteiger partial charge in [-0.05, 0) is 31.0 Å². The Kier molecular flexibility index (Phi) is 4.31. The Balaban J connectivity index is 1.67. The molecule has 0 saturated heterocycles. The molecule has 0 saturated carbocycles.